The summed E-state index contributed by atoms with van der Waals surface area (Å²) in [6.07, 6.45) is 75.9. The zero-order valence-electron chi connectivity index (χ0n) is 50.4. The van der Waals surface area contributed by atoms with Gasteiger partial charge in [-0.25, -0.2) is 0 Å². The summed E-state index contributed by atoms with van der Waals surface area (Å²) < 4.78 is 16.8. The lowest BCUT2D eigenvalue weighted by Crippen LogP contribution is -2.30. The molecule has 1 atom stereocenters. The zero-order valence-corrected chi connectivity index (χ0v) is 50.4. The van der Waals surface area contributed by atoms with Gasteiger partial charge in [-0.3, -0.25) is 14.4 Å². The average Bonchev–Trinajstić information content (AvgIpc) is 3.40. The fraction of sp³-hybridized carbons (Fsp3) is 0.926. The summed E-state index contributed by atoms with van der Waals surface area (Å²) in [6, 6.07) is 0. The molecule has 0 N–H and O–H groups in total. The molecule has 0 bridgehead atoms. The van der Waals surface area contributed by atoms with E-state index < -0.39 is 6.10 Å². The monoisotopic (exact) mass is 1040 g/mol. The van der Waals surface area contributed by atoms with Gasteiger partial charge in [-0.15, -0.1) is 0 Å². The van der Waals surface area contributed by atoms with E-state index in [1.54, 1.807) is 0 Å². The van der Waals surface area contributed by atoms with Gasteiger partial charge in [0.2, 0.25) is 0 Å². The van der Waals surface area contributed by atoms with Gasteiger partial charge < -0.3 is 14.2 Å². The van der Waals surface area contributed by atoms with E-state index in [1.165, 1.54) is 283 Å². The number of esters is 3. The smallest absolute Gasteiger partial charge is 0.306 e. The predicted octanol–water partition coefficient (Wildman–Crippen LogP) is 22.8. The first-order valence-electron chi connectivity index (χ1n) is 33.7. The molecule has 0 radical (unpaired) electrons. The molecule has 0 spiro atoms. The maximum absolute atomic E-state index is 12.8. The Labute approximate surface area is 462 Å². The second-order valence-electron chi connectivity index (χ2n) is 23.1. The molecule has 6 heteroatoms. The SMILES string of the molecule is CCCCCCCC/C=C\CCCCCCCCCCCC(=O)OC(COC(=O)CCCCCCC)COC(=O)CCCCCCCCCCCCCCCCCCCCCCCCCCCCCCCCCC. The highest BCUT2D eigenvalue weighted by Gasteiger charge is 2.19. The fourth-order valence-electron chi connectivity index (χ4n) is 10.4. The summed E-state index contributed by atoms with van der Waals surface area (Å²) in [5, 5.41) is 0. The van der Waals surface area contributed by atoms with Crippen LogP contribution < -0.4 is 0 Å². The molecule has 0 aromatic rings. The maximum Gasteiger partial charge on any atom is 0.306 e. The maximum atomic E-state index is 12.8. The second-order valence-corrected chi connectivity index (χ2v) is 23.1. The normalized spacial score (nSPS) is 12.0. The molecular weight excluding hydrogens is 913 g/mol. The van der Waals surface area contributed by atoms with Crippen LogP contribution in [0, 0.1) is 0 Å². The van der Waals surface area contributed by atoms with Crippen LogP contribution in [0.4, 0.5) is 0 Å². The van der Waals surface area contributed by atoms with Crippen LogP contribution in [0.25, 0.3) is 0 Å². The summed E-state index contributed by atoms with van der Waals surface area (Å²) in [5.41, 5.74) is 0. The van der Waals surface area contributed by atoms with Gasteiger partial charge in [0.15, 0.2) is 6.10 Å². The summed E-state index contributed by atoms with van der Waals surface area (Å²) in [6.45, 7) is 6.62. The Morgan fingerprint density at radius 2 is 0.446 bits per heavy atom. The lowest BCUT2D eigenvalue weighted by molar-refractivity contribution is -0.167. The van der Waals surface area contributed by atoms with Crippen molar-refractivity contribution < 1.29 is 28.6 Å². The third kappa shape index (κ3) is 61.0. The fourth-order valence-corrected chi connectivity index (χ4v) is 10.4. The van der Waals surface area contributed by atoms with Crippen molar-refractivity contribution >= 4 is 17.9 Å². The van der Waals surface area contributed by atoms with Crippen molar-refractivity contribution in [2.45, 2.75) is 393 Å². The van der Waals surface area contributed by atoms with Crippen LogP contribution >= 0.6 is 0 Å². The standard InChI is InChI=1S/C68H130O6/c1-4-7-10-13-15-17-19-21-23-25-27-28-29-30-31-32-33-34-35-36-37-38-39-41-42-44-46-48-50-52-55-58-61-67(70)73-64-65(63-72-66(69)60-57-54-12-9-6-3)74-68(71)62-59-56-53-51-49-47-45-43-40-26-24-22-20-18-16-14-11-8-5-2/h22,24,65H,4-21,23,25-64H2,1-3H3/b24-22-. The van der Waals surface area contributed by atoms with Gasteiger partial charge in [-0.2, -0.15) is 0 Å². The number of hydrogen-bond acceptors (Lipinski definition) is 6. The van der Waals surface area contributed by atoms with Gasteiger partial charge in [0.25, 0.3) is 0 Å². The van der Waals surface area contributed by atoms with Crippen molar-refractivity contribution in [3.8, 4) is 0 Å². The highest BCUT2D eigenvalue weighted by molar-refractivity contribution is 5.71. The third-order valence-electron chi connectivity index (χ3n) is 15.5. The van der Waals surface area contributed by atoms with Crippen molar-refractivity contribution in [3.63, 3.8) is 0 Å². The van der Waals surface area contributed by atoms with Crippen molar-refractivity contribution in [3.05, 3.63) is 12.2 Å². The van der Waals surface area contributed by atoms with Gasteiger partial charge in [0.1, 0.15) is 13.2 Å². The third-order valence-corrected chi connectivity index (χ3v) is 15.5. The number of unbranched alkanes of at least 4 members (excludes halogenated alkanes) is 50. The van der Waals surface area contributed by atoms with E-state index in [-0.39, 0.29) is 31.1 Å². The number of hydrogen-bond donors (Lipinski definition) is 0. The zero-order chi connectivity index (χ0) is 53.6. The van der Waals surface area contributed by atoms with E-state index >= 15 is 0 Å². The summed E-state index contributed by atoms with van der Waals surface area (Å²) >= 11 is 0. The largest absolute Gasteiger partial charge is 0.462 e. The van der Waals surface area contributed by atoms with E-state index in [0.29, 0.717) is 19.3 Å². The summed E-state index contributed by atoms with van der Waals surface area (Å²) in [5.74, 6) is -0.857. The molecule has 0 aromatic heterocycles. The Morgan fingerprint density at radius 3 is 0.676 bits per heavy atom. The van der Waals surface area contributed by atoms with Crippen LogP contribution in [0.15, 0.2) is 12.2 Å². The lowest BCUT2D eigenvalue weighted by atomic mass is 10.0. The predicted molar refractivity (Wildman–Crippen MR) is 321 cm³/mol. The number of carbonyl (C=O) groups is 3. The molecule has 0 amide bonds. The van der Waals surface area contributed by atoms with E-state index in [4.69, 9.17) is 14.2 Å². The summed E-state index contributed by atoms with van der Waals surface area (Å²) in [7, 11) is 0. The first-order valence-corrected chi connectivity index (χ1v) is 33.7. The minimum absolute atomic E-state index is 0.0660. The number of carbonyl (C=O) groups excluding carboxylic acids is 3. The van der Waals surface area contributed by atoms with E-state index in [1.807, 2.05) is 0 Å². The second kappa shape index (κ2) is 63.7. The molecule has 0 saturated carbocycles. The molecular formula is C68H130O6. The number of ether oxygens (including phenoxy) is 3. The molecule has 0 aliphatic rings. The van der Waals surface area contributed by atoms with Crippen LogP contribution in [-0.4, -0.2) is 37.2 Å². The van der Waals surface area contributed by atoms with Crippen LogP contribution in [0.2, 0.25) is 0 Å². The quantitative estimate of drug-likeness (QED) is 0.0261. The number of allylic oxidation sites excluding steroid dienone is 2. The van der Waals surface area contributed by atoms with Crippen molar-refractivity contribution in [1.29, 1.82) is 0 Å². The van der Waals surface area contributed by atoms with Gasteiger partial charge in [0.05, 0.1) is 0 Å². The molecule has 0 saturated heterocycles. The molecule has 0 aliphatic heterocycles. The number of rotatable bonds is 63. The van der Waals surface area contributed by atoms with Crippen LogP contribution in [0.5, 0.6) is 0 Å². The van der Waals surface area contributed by atoms with Crippen LogP contribution in [0.1, 0.15) is 387 Å². The minimum Gasteiger partial charge on any atom is -0.462 e. The van der Waals surface area contributed by atoms with E-state index in [0.717, 1.165) is 64.2 Å². The first kappa shape index (κ1) is 72.2. The summed E-state index contributed by atoms with van der Waals surface area (Å²) in [4.78, 5) is 37.9. The molecule has 0 heterocycles. The Bertz CT molecular complexity index is 1150. The van der Waals surface area contributed by atoms with Crippen molar-refractivity contribution in [2.24, 2.45) is 0 Å². The first-order chi connectivity index (χ1) is 36.5. The van der Waals surface area contributed by atoms with Crippen LogP contribution in [-0.2, 0) is 28.6 Å². The van der Waals surface area contributed by atoms with Crippen molar-refractivity contribution in [2.75, 3.05) is 13.2 Å². The van der Waals surface area contributed by atoms with Crippen molar-refractivity contribution in [1.82, 2.24) is 0 Å². The molecule has 6 nitrogen and oxygen atoms in total. The molecule has 0 rings (SSSR count). The Morgan fingerprint density at radius 1 is 0.257 bits per heavy atom. The Kier molecular flexibility index (Phi) is 62.1. The Balaban J connectivity index is 3.88. The molecule has 0 fully saturated rings. The lowest BCUT2D eigenvalue weighted by Gasteiger charge is -2.18. The topological polar surface area (TPSA) is 78.9 Å². The molecule has 0 aliphatic carbocycles. The molecule has 1 unspecified atom stereocenters. The molecule has 74 heavy (non-hydrogen) atoms. The van der Waals surface area contributed by atoms with E-state index in [2.05, 4.69) is 32.9 Å². The van der Waals surface area contributed by atoms with Gasteiger partial charge >= 0.3 is 17.9 Å². The van der Waals surface area contributed by atoms with Crippen LogP contribution in [0.3, 0.4) is 0 Å². The van der Waals surface area contributed by atoms with Gasteiger partial charge in [0, 0.05) is 19.3 Å². The van der Waals surface area contributed by atoms with Gasteiger partial charge in [-0.1, -0.05) is 335 Å². The Hall–Kier alpha value is -1.85. The van der Waals surface area contributed by atoms with Gasteiger partial charge in [-0.05, 0) is 44.9 Å². The molecule has 438 valence electrons. The highest BCUT2D eigenvalue weighted by atomic mass is 16.6. The van der Waals surface area contributed by atoms with E-state index in [9.17, 15) is 14.4 Å². The highest BCUT2D eigenvalue weighted by Crippen LogP contribution is 2.19. The average molecular weight is 1040 g/mol. The minimum atomic E-state index is -0.764. The molecule has 0 aromatic carbocycles.